The van der Waals surface area contributed by atoms with Crippen molar-refractivity contribution in [3.63, 3.8) is 0 Å². The molecule has 1 saturated heterocycles. The molecule has 142 valence electrons. The molecule has 3 fully saturated rings. The monoisotopic (exact) mass is 391 g/mol. The van der Waals surface area contributed by atoms with E-state index in [0.29, 0.717) is 24.9 Å². The fraction of sp³-hybridized carbons (Fsp3) is 0.933. The first-order chi connectivity index (χ1) is 10.3. The molecule has 1 amide bonds. The average Bonchev–Trinajstić information content (AvgIpc) is 3.06. The molecule has 5 atom stereocenters. The summed E-state index contributed by atoms with van der Waals surface area (Å²) in [6.07, 6.45) is -0.978. The van der Waals surface area contributed by atoms with Gasteiger partial charge < -0.3 is 10.6 Å². The van der Waals surface area contributed by atoms with E-state index in [2.05, 4.69) is 0 Å². The molecular formula is C15H26Cl2F3N3O. The number of carbonyl (C=O) groups is 1. The van der Waals surface area contributed by atoms with Gasteiger partial charge >= 0.3 is 6.18 Å². The highest BCUT2D eigenvalue weighted by molar-refractivity contribution is 5.85. The maximum Gasteiger partial charge on any atom is 0.403 e. The van der Waals surface area contributed by atoms with Crippen molar-refractivity contribution in [1.29, 1.82) is 0 Å². The number of nitrogens with two attached hydrogens (primary N) is 1. The second-order valence-corrected chi connectivity index (χ2v) is 7.02. The van der Waals surface area contributed by atoms with Crippen LogP contribution in [0.5, 0.6) is 0 Å². The van der Waals surface area contributed by atoms with Crippen LogP contribution in [-0.4, -0.2) is 60.1 Å². The van der Waals surface area contributed by atoms with Crippen LogP contribution < -0.4 is 5.73 Å². The second kappa shape index (κ2) is 7.98. The van der Waals surface area contributed by atoms with Crippen LogP contribution in [0.15, 0.2) is 0 Å². The summed E-state index contributed by atoms with van der Waals surface area (Å²) in [7, 11) is 0. The van der Waals surface area contributed by atoms with Gasteiger partial charge in [0.25, 0.3) is 0 Å². The third-order valence-electron chi connectivity index (χ3n) is 5.91. The van der Waals surface area contributed by atoms with Crippen molar-refractivity contribution in [2.24, 2.45) is 23.5 Å². The number of carbonyl (C=O) groups excluding carboxylic acids is 1. The van der Waals surface area contributed by atoms with E-state index in [1.54, 1.807) is 4.90 Å². The quantitative estimate of drug-likeness (QED) is 0.785. The van der Waals surface area contributed by atoms with E-state index >= 15 is 0 Å². The molecule has 4 nitrogen and oxygen atoms in total. The smallest absolute Gasteiger partial charge is 0.340 e. The molecule has 2 saturated carbocycles. The van der Waals surface area contributed by atoms with Crippen molar-refractivity contribution in [2.45, 2.75) is 44.4 Å². The van der Waals surface area contributed by atoms with E-state index in [9.17, 15) is 18.0 Å². The van der Waals surface area contributed by atoms with Crippen LogP contribution >= 0.6 is 24.8 Å². The number of halogens is 5. The summed E-state index contributed by atoms with van der Waals surface area (Å²) >= 11 is 0. The van der Waals surface area contributed by atoms with Crippen LogP contribution in [0, 0.1) is 17.8 Å². The highest BCUT2D eigenvalue weighted by atomic mass is 35.5. The first-order valence-corrected chi connectivity index (χ1v) is 8.14. The van der Waals surface area contributed by atoms with Gasteiger partial charge in [0.1, 0.15) is 6.04 Å². The molecule has 3 aliphatic rings. The first-order valence-electron chi connectivity index (χ1n) is 8.14. The Hall–Kier alpha value is -0.240. The molecule has 0 aromatic carbocycles. The minimum atomic E-state index is -4.21. The number of piperazine rings is 1. The molecule has 2 aliphatic carbocycles. The summed E-state index contributed by atoms with van der Waals surface area (Å²) in [5.74, 6) is 0.814. The van der Waals surface area contributed by atoms with E-state index < -0.39 is 12.2 Å². The zero-order valence-electron chi connectivity index (χ0n) is 13.7. The van der Waals surface area contributed by atoms with Gasteiger partial charge in [0.05, 0.1) is 5.92 Å². The van der Waals surface area contributed by atoms with Crippen LogP contribution in [0.3, 0.4) is 0 Å². The van der Waals surface area contributed by atoms with Crippen LogP contribution in [0.4, 0.5) is 13.2 Å². The van der Waals surface area contributed by atoms with Gasteiger partial charge in [0.15, 0.2) is 0 Å². The number of rotatable bonds is 2. The Labute approximate surface area is 153 Å². The highest BCUT2D eigenvalue weighted by Crippen LogP contribution is 2.48. The van der Waals surface area contributed by atoms with E-state index in [1.165, 1.54) is 11.8 Å². The Morgan fingerprint density at radius 3 is 2.08 bits per heavy atom. The summed E-state index contributed by atoms with van der Waals surface area (Å²) in [4.78, 5) is 15.8. The third kappa shape index (κ3) is 3.94. The number of alkyl halides is 3. The maximum atomic E-state index is 12.7. The Morgan fingerprint density at radius 1 is 1.08 bits per heavy atom. The van der Waals surface area contributed by atoms with Crippen molar-refractivity contribution in [2.75, 3.05) is 26.2 Å². The minimum absolute atomic E-state index is 0. The molecule has 0 radical (unpaired) electrons. The zero-order chi connectivity index (χ0) is 16.1. The van der Waals surface area contributed by atoms with Crippen molar-refractivity contribution >= 4 is 30.7 Å². The third-order valence-corrected chi connectivity index (χ3v) is 5.91. The van der Waals surface area contributed by atoms with E-state index in [4.69, 9.17) is 5.73 Å². The molecule has 5 unspecified atom stereocenters. The zero-order valence-corrected chi connectivity index (χ0v) is 15.3. The Kier molecular flexibility index (Phi) is 7.24. The molecular weight excluding hydrogens is 366 g/mol. The highest BCUT2D eigenvalue weighted by Gasteiger charge is 2.50. The van der Waals surface area contributed by atoms with E-state index in [1.807, 2.05) is 0 Å². The summed E-state index contributed by atoms with van der Waals surface area (Å²) in [6.45, 7) is 2.49. The minimum Gasteiger partial charge on any atom is -0.340 e. The molecule has 1 heterocycles. The number of nitrogens with zero attached hydrogens (tertiary/aromatic N) is 2. The van der Waals surface area contributed by atoms with Gasteiger partial charge in [0, 0.05) is 32.2 Å². The molecule has 24 heavy (non-hydrogen) atoms. The maximum absolute atomic E-state index is 12.7. The number of hydrogen-bond donors (Lipinski definition) is 1. The lowest BCUT2D eigenvalue weighted by molar-refractivity contribution is -0.183. The molecule has 0 spiro atoms. The molecule has 0 aromatic rings. The van der Waals surface area contributed by atoms with Crippen LogP contribution in [0.1, 0.15) is 26.2 Å². The van der Waals surface area contributed by atoms with Gasteiger partial charge in [-0.25, -0.2) is 0 Å². The van der Waals surface area contributed by atoms with E-state index in [-0.39, 0.29) is 55.8 Å². The van der Waals surface area contributed by atoms with Gasteiger partial charge in [-0.2, -0.15) is 13.2 Å². The van der Waals surface area contributed by atoms with E-state index in [0.717, 1.165) is 19.3 Å². The lowest BCUT2D eigenvalue weighted by Gasteiger charge is -2.40. The number of fused-ring (bicyclic) bond motifs is 2. The molecule has 0 aromatic heterocycles. The Bertz CT molecular complexity index is 442. The normalized spacial score (nSPS) is 34.5. The number of amides is 1. The van der Waals surface area contributed by atoms with Gasteiger partial charge in [-0.1, -0.05) is 0 Å². The fourth-order valence-electron chi connectivity index (χ4n) is 4.45. The predicted octanol–water partition coefficient (Wildman–Crippen LogP) is 2.30. The second-order valence-electron chi connectivity index (χ2n) is 7.02. The van der Waals surface area contributed by atoms with Crippen LogP contribution in [0.2, 0.25) is 0 Å². The van der Waals surface area contributed by atoms with Crippen LogP contribution in [0.25, 0.3) is 0 Å². The Balaban J connectivity index is 0.00000144. The van der Waals surface area contributed by atoms with Crippen molar-refractivity contribution < 1.29 is 18.0 Å². The Morgan fingerprint density at radius 2 is 1.62 bits per heavy atom. The topological polar surface area (TPSA) is 49.6 Å². The largest absolute Gasteiger partial charge is 0.403 e. The lowest BCUT2D eigenvalue weighted by Crippen LogP contribution is -2.57. The summed E-state index contributed by atoms with van der Waals surface area (Å²) < 4.78 is 38.2. The first kappa shape index (κ1) is 21.8. The molecule has 9 heteroatoms. The van der Waals surface area contributed by atoms with Gasteiger partial charge in [-0.05, 0) is 38.0 Å². The standard InChI is InChI=1S/C15H24F3N3O.2ClH/c1-9(15(16,17)18)20-4-6-21(7-5-20)14(22)12-10-2-3-11(8-10)13(12)19;;/h9-13H,2-8,19H2,1H3;2*1H. The van der Waals surface area contributed by atoms with Crippen molar-refractivity contribution in [3.8, 4) is 0 Å². The number of hydrogen-bond acceptors (Lipinski definition) is 3. The molecule has 3 rings (SSSR count). The SMILES string of the molecule is CC(N1CCN(C(=O)C2C3CCC(C3)C2N)CC1)C(F)(F)F.Cl.Cl. The van der Waals surface area contributed by atoms with Crippen molar-refractivity contribution in [1.82, 2.24) is 9.80 Å². The summed E-state index contributed by atoms with van der Waals surface area (Å²) in [5, 5.41) is 0. The lowest BCUT2D eigenvalue weighted by atomic mass is 9.84. The molecule has 2 bridgehead atoms. The predicted molar refractivity (Wildman–Crippen MR) is 90.5 cm³/mol. The molecule has 1 aliphatic heterocycles. The van der Waals surface area contributed by atoms with Gasteiger partial charge in [-0.3, -0.25) is 9.69 Å². The summed E-state index contributed by atoms with van der Waals surface area (Å²) in [5.41, 5.74) is 6.20. The molecule has 2 N–H and O–H groups in total. The fourth-order valence-corrected chi connectivity index (χ4v) is 4.45. The summed E-state index contributed by atoms with van der Waals surface area (Å²) in [6, 6.07) is -1.51. The van der Waals surface area contributed by atoms with Crippen LogP contribution in [-0.2, 0) is 4.79 Å². The van der Waals surface area contributed by atoms with Gasteiger partial charge in [-0.15, -0.1) is 24.8 Å². The van der Waals surface area contributed by atoms with Crippen molar-refractivity contribution in [3.05, 3.63) is 0 Å². The van der Waals surface area contributed by atoms with Gasteiger partial charge in [0.2, 0.25) is 5.91 Å². The average molecular weight is 392 g/mol.